The molecule has 1 heterocycles. The number of benzene rings is 1. The maximum atomic E-state index is 12.6. The van der Waals surface area contributed by atoms with Crippen molar-refractivity contribution in [1.82, 2.24) is 4.90 Å². The SMILES string of the molecule is O=C(c1ccc(C(F)(F)F)cc1)C1CCCN(C2CCC2)C1. The van der Waals surface area contributed by atoms with Crippen molar-refractivity contribution in [2.45, 2.75) is 44.3 Å². The Morgan fingerprint density at radius 3 is 2.27 bits per heavy atom. The van der Waals surface area contributed by atoms with E-state index in [1.165, 1.54) is 31.4 Å². The maximum absolute atomic E-state index is 12.6. The third-order valence-electron chi connectivity index (χ3n) is 4.91. The van der Waals surface area contributed by atoms with E-state index in [4.69, 9.17) is 0 Å². The van der Waals surface area contributed by atoms with Gasteiger partial charge < -0.3 is 0 Å². The van der Waals surface area contributed by atoms with Gasteiger partial charge in [0.2, 0.25) is 0 Å². The average molecular weight is 311 g/mol. The van der Waals surface area contributed by atoms with Crippen LogP contribution in [-0.2, 0) is 6.18 Å². The molecule has 5 heteroatoms. The standard InChI is InChI=1S/C17H20F3NO/c18-17(19,20)14-8-6-12(7-9-14)16(22)13-3-2-10-21(11-13)15-4-1-5-15/h6-9,13,15H,1-5,10-11H2. The number of carbonyl (C=O) groups excluding carboxylic acids is 1. The van der Waals surface area contributed by atoms with Crippen molar-refractivity contribution in [2.24, 2.45) is 5.92 Å². The fraction of sp³-hybridized carbons (Fsp3) is 0.588. The maximum Gasteiger partial charge on any atom is 0.416 e. The molecule has 2 fully saturated rings. The van der Waals surface area contributed by atoms with Crippen molar-refractivity contribution in [1.29, 1.82) is 0 Å². The molecule has 1 saturated carbocycles. The average Bonchev–Trinajstić information content (AvgIpc) is 2.44. The first-order valence-corrected chi connectivity index (χ1v) is 7.90. The van der Waals surface area contributed by atoms with Crippen LogP contribution in [0.25, 0.3) is 0 Å². The van der Waals surface area contributed by atoms with Gasteiger partial charge in [0.1, 0.15) is 0 Å². The van der Waals surface area contributed by atoms with E-state index in [0.717, 1.165) is 38.1 Å². The topological polar surface area (TPSA) is 20.3 Å². The number of nitrogens with zero attached hydrogens (tertiary/aromatic N) is 1. The lowest BCUT2D eigenvalue weighted by atomic mass is 9.85. The Bertz CT molecular complexity index is 534. The number of alkyl halides is 3. The summed E-state index contributed by atoms with van der Waals surface area (Å²) in [4.78, 5) is 14.9. The normalized spacial score (nSPS) is 24.0. The summed E-state index contributed by atoms with van der Waals surface area (Å²) in [5.41, 5.74) is -0.308. The summed E-state index contributed by atoms with van der Waals surface area (Å²) in [5.74, 6) is -0.0937. The van der Waals surface area contributed by atoms with Gasteiger partial charge in [-0.15, -0.1) is 0 Å². The highest BCUT2D eigenvalue weighted by atomic mass is 19.4. The molecule has 1 saturated heterocycles. The van der Waals surface area contributed by atoms with Gasteiger partial charge in [-0.05, 0) is 44.4 Å². The van der Waals surface area contributed by atoms with Gasteiger partial charge in [0.05, 0.1) is 5.56 Å². The fourth-order valence-corrected chi connectivity index (χ4v) is 3.36. The van der Waals surface area contributed by atoms with Gasteiger partial charge >= 0.3 is 6.18 Å². The molecule has 0 spiro atoms. The molecule has 1 aromatic rings. The monoisotopic (exact) mass is 311 g/mol. The Balaban J connectivity index is 1.67. The van der Waals surface area contributed by atoms with Crippen LogP contribution in [0.1, 0.15) is 48.0 Å². The minimum Gasteiger partial charge on any atom is -0.300 e. The van der Waals surface area contributed by atoms with Crippen molar-refractivity contribution < 1.29 is 18.0 Å². The van der Waals surface area contributed by atoms with Crippen LogP contribution in [0.5, 0.6) is 0 Å². The van der Waals surface area contributed by atoms with E-state index in [-0.39, 0.29) is 11.7 Å². The van der Waals surface area contributed by atoms with E-state index in [9.17, 15) is 18.0 Å². The molecule has 0 amide bonds. The molecule has 0 bridgehead atoms. The molecule has 0 radical (unpaired) electrons. The Morgan fingerprint density at radius 1 is 1.05 bits per heavy atom. The molecule has 0 N–H and O–H groups in total. The van der Waals surface area contributed by atoms with Crippen LogP contribution in [0.15, 0.2) is 24.3 Å². The predicted molar refractivity (Wildman–Crippen MR) is 77.7 cm³/mol. The molecular weight excluding hydrogens is 291 g/mol. The second-order valence-electron chi connectivity index (χ2n) is 6.36. The van der Waals surface area contributed by atoms with Crippen LogP contribution in [0, 0.1) is 5.92 Å². The summed E-state index contributed by atoms with van der Waals surface area (Å²) in [6, 6.07) is 5.24. The van der Waals surface area contributed by atoms with E-state index in [0.29, 0.717) is 11.6 Å². The van der Waals surface area contributed by atoms with Crippen molar-refractivity contribution in [3.05, 3.63) is 35.4 Å². The van der Waals surface area contributed by atoms with Crippen molar-refractivity contribution in [3.63, 3.8) is 0 Å². The molecule has 1 atom stereocenters. The van der Waals surface area contributed by atoms with Crippen molar-refractivity contribution in [2.75, 3.05) is 13.1 Å². The van der Waals surface area contributed by atoms with Crippen LogP contribution in [0.3, 0.4) is 0 Å². The lowest BCUT2D eigenvalue weighted by Crippen LogP contribution is -2.47. The molecule has 2 aliphatic rings. The highest BCUT2D eigenvalue weighted by Crippen LogP contribution is 2.32. The summed E-state index contributed by atoms with van der Waals surface area (Å²) in [7, 11) is 0. The quantitative estimate of drug-likeness (QED) is 0.782. The second kappa shape index (κ2) is 6.03. The molecule has 1 unspecified atom stereocenters. The third-order valence-corrected chi connectivity index (χ3v) is 4.91. The fourth-order valence-electron chi connectivity index (χ4n) is 3.36. The smallest absolute Gasteiger partial charge is 0.300 e. The first-order chi connectivity index (χ1) is 10.4. The van der Waals surface area contributed by atoms with Gasteiger partial charge in [0, 0.05) is 24.1 Å². The minimum absolute atomic E-state index is 0.0160. The Morgan fingerprint density at radius 2 is 1.73 bits per heavy atom. The number of likely N-dealkylation sites (tertiary alicyclic amines) is 1. The molecule has 1 aliphatic heterocycles. The molecule has 0 aromatic heterocycles. The molecule has 120 valence electrons. The van der Waals surface area contributed by atoms with Crippen LogP contribution >= 0.6 is 0 Å². The van der Waals surface area contributed by atoms with Crippen molar-refractivity contribution >= 4 is 5.78 Å². The zero-order valence-corrected chi connectivity index (χ0v) is 12.4. The molecule has 1 aliphatic carbocycles. The molecule has 22 heavy (non-hydrogen) atoms. The van der Waals surface area contributed by atoms with Crippen LogP contribution in [0.4, 0.5) is 13.2 Å². The minimum atomic E-state index is -4.35. The summed E-state index contributed by atoms with van der Waals surface area (Å²) >= 11 is 0. The lowest BCUT2D eigenvalue weighted by molar-refractivity contribution is -0.137. The number of ketones is 1. The van der Waals surface area contributed by atoms with Gasteiger partial charge in [-0.1, -0.05) is 18.6 Å². The number of carbonyl (C=O) groups is 1. The zero-order chi connectivity index (χ0) is 15.7. The summed E-state index contributed by atoms with van der Waals surface area (Å²) < 4.78 is 37.7. The number of piperidine rings is 1. The number of halogens is 3. The zero-order valence-electron chi connectivity index (χ0n) is 12.4. The Kier molecular flexibility index (Phi) is 4.26. The van der Waals surface area contributed by atoms with Crippen LogP contribution in [0.2, 0.25) is 0 Å². The number of rotatable bonds is 3. The lowest BCUT2D eigenvalue weighted by Gasteiger charge is -2.42. The van der Waals surface area contributed by atoms with E-state index in [1.807, 2.05) is 0 Å². The highest BCUT2D eigenvalue weighted by molar-refractivity contribution is 5.98. The highest BCUT2D eigenvalue weighted by Gasteiger charge is 2.33. The summed E-state index contributed by atoms with van der Waals surface area (Å²) in [6.07, 6.45) is 1.16. The summed E-state index contributed by atoms with van der Waals surface area (Å²) in [6.45, 7) is 1.80. The van der Waals surface area contributed by atoms with E-state index in [1.54, 1.807) is 0 Å². The van der Waals surface area contributed by atoms with E-state index in [2.05, 4.69) is 4.90 Å². The molecular formula is C17H20F3NO. The first kappa shape index (κ1) is 15.5. The van der Waals surface area contributed by atoms with Crippen molar-refractivity contribution in [3.8, 4) is 0 Å². The molecule has 3 rings (SSSR count). The largest absolute Gasteiger partial charge is 0.416 e. The van der Waals surface area contributed by atoms with Gasteiger partial charge in [-0.2, -0.15) is 13.2 Å². The first-order valence-electron chi connectivity index (χ1n) is 7.90. The molecule has 2 nitrogen and oxygen atoms in total. The second-order valence-corrected chi connectivity index (χ2v) is 6.36. The summed E-state index contributed by atoms with van der Waals surface area (Å²) in [5, 5.41) is 0. The van der Waals surface area contributed by atoms with Gasteiger partial charge in [-0.3, -0.25) is 9.69 Å². The third kappa shape index (κ3) is 3.19. The van der Waals surface area contributed by atoms with Crippen LogP contribution in [-0.4, -0.2) is 29.8 Å². The Hall–Kier alpha value is -1.36. The predicted octanol–water partition coefficient (Wildman–Crippen LogP) is 4.15. The number of hydrogen-bond donors (Lipinski definition) is 0. The van der Waals surface area contributed by atoms with E-state index < -0.39 is 11.7 Å². The Labute approximate surface area is 128 Å². The molecule has 1 aromatic carbocycles. The van der Waals surface area contributed by atoms with Gasteiger partial charge in [0.15, 0.2) is 5.78 Å². The number of Topliss-reactive ketones (excluding diaryl/α,β-unsaturated/α-hetero) is 1. The van der Waals surface area contributed by atoms with Crippen LogP contribution < -0.4 is 0 Å². The van der Waals surface area contributed by atoms with Gasteiger partial charge in [-0.25, -0.2) is 0 Å². The number of hydrogen-bond acceptors (Lipinski definition) is 2. The van der Waals surface area contributed by atoms with E-state index >= 15 is 0 Å². The van der Waals surface area contributed by atoms with Gasteiger partial charge in [0.25, 0.3) is 0 Å².